The number of hydrogen-bond acceptors (Lipinski definition) is 4. The Balaban J connectivity index is 2.49. The van der Waals surface area contributed by atoms with Gasteiger partial charge in [0.1, 0.15) is 17.1 Å². The van der Waals surface area contributed by atoms with E-state index in [0.717, 1.165) is 5.56 Å². The molecule has 2 rings (SSSR count). The fourth-order valence-corrected chi connectivity index (χ4v) is 3.04. The van der Waals surface area contributed by atoms with Crippen LogP contribution in [-0.2, 0) is 10.3 Å². The Hall–Kier alpha value is -1.26. The Kier molecular flexibility index (Phi) is 4.02. The zero-order chi connectivity index (χ0) is 14.0. The van der Waals surface area contributed by atoms with Gasteiger partial charge in [-0.1, -0.05) is 6.07 Å². The molecular weight excluding hydrogens is 244 g/mol. The fourth-order valence-electron chi connectivity index (χ4n) is 3.04. The molecule has 0 saturated carbocycles. The van der Waals surface area contributed by atoms with Crippen LogP contribution in [0.1, 0.15) is 32.3 Å². The highest BCUT2D eigenvalue weighted by Crippen LogP contribution is 2.45. The van der Waals surface area contributed by atoms with Gasteiger partial charge in [-0.3, -0.25) is 0 Å². The third-order valence-electron chi connectivity index (χ3n) is 3.61. The monoisotopic (exact) mass is 266 g/mol. The van der Waals surface area contributed by atoms with Crippen molar-refractivity contribution < 1.29 is 19.3 Å². The van der Waals surface area contributed by atoms with Crippen molar-refractivity contribution in [1.29, 1.82) is 0 Å². The van der Waals surface area contributed by atoms with Gasteiger partial charge >= 0.3 is 0 Å². The number of rotatable bonds is 3. The van der Waals surface area contributed by atoms with E-state index < -0.39 is 5.60 Å². The third-order valence-corrected chi connectivity index (χ3v) is 3.61. The molecular formula is C15H22O4. The van der Waals surface area contributed by atoms with E-state index in [4.69, 9.17) is 14.2 Å². The molecule has 1 fully saturated rings. The largest absolute Gasteiger partial charge is 0.496 e. The Morgan fingerprint density at radius 2 is 1.58 bits per heavy atom. The normalized spacial score (nSPS) is 31.0. The lowest BCUT2D eigenvalue weighted by Gasteiger charge is -2.40. The molecule has 4 heteroatoms. The zero-order valence-electron chi connectivity index (χ0n) is 12.0. The highest BCUT2D eigenvalue weighted by Gasteiger charge is 2.42. The first-order valence-corrected chi connectivity index (χ1v) is 6.59. The molecule has 19 heavy (non-hydrogen) atoms. The van der Waals surface area contributed by atoms with Gasteiger partial charge in [0.25, 0.3) is 0 Å². The summed E-state index contributed by atoms with van der Waals surface area (Å²) in [5.74, 6) is 1.31. The topological polar surface area (TPSA) is 47.9 Å². The van der Waals surface area contributed by atoms with Crippen molar-refractivity contribution in [1.82, 2.24) is 0 Å². The molecule has 1 N–H and O–H groups in total. The van der Waals surface area contributed by atoms with Crippen LogP contribution >= 0.6 is 0 Å². The molecule has 0 aliphatic carbocycles. The summed E-state index contributed by atoms with van der Waals surface area (Å²) in [4.78, 5) is 0. The second kappa shape index (κ2) is 5.39. The van der Waals surface area contributed by atoms with E-state index >= 15 is 0 Å². The van der Waals surface area contributed by atoms with Gasteiger partial charge in [0.15, 0.2) is 0 Å². The van der Waals surface area contributed by atoms with E-state index in [1.54, 1.807) is 14.2 Å². The predicted molar refractivity (Wildman–Crippen MR) is 72.7 cm³/mol. The Morgan fingerprint density at radius 3 is 2.00 bits per heavy atom. The van der Waals surface area contributed by atoms with Crippen LogP contribution in [0.15, 0.2) is 18.2 Å². The van der Waals surface area contributed by atoms with E-state index in [9.17, 15) is 5.11 Å². The van der Waals surface area contributed by atoms with Crippen molar-refractivity contribution in [3.63, 3.8) is 0 Å². The summed E-state index contributed by atoms with van der Waals surface area (Å²) in [5, 5.41) is 11.1. The SMILES string of the molecule is COc1cccc(OC)c1C1(O)CC(C)OC(C)C1. The molecule has 1 aromatic rings. The molecule has 1 aliphatic heterocycles. The Morgan fingerprint density at radius 1 is 1.11 bits per heavy atom. The lowest BCUT2D eigenvalue weighted by Crippen LogP contribution is -2.41. The molecule has 0 radical (unpaired) electrons. The average Bonchev–Trinajstić information content (AvgIpc) is 2.36. The van der Waals surface area contributed by atoms with Crippen molar-refractivity contribution >= 4 is 0 Å². The van der Waals surface area contributed by atoms with Crippen molar-refractivity contribution in [3.05, 3.63) is 23.8 Å². The highest BCUT2D eigenvalue weighted by atomic mass is 16.5. The summed E-state index contributed by atoms with van der Waals surface area (Å²) < 4.78 is 16.5. The third kappa shape index (κ3) is 2.69. The van der Waals surface area contributed by atoms with Crippen LogP contribution in [0, 0.1) is 0 Å². The maximum atomic E-state index is 11.1. The summed E-state index contributed by atoms with van der Waals surface area (Å²) in [7, 11) is 3.21. The molecule has 1 aromatic carbocycles. The van der Waals surface area contributed by atoms with Crippen molar-refractivity contribution in [2.45, 2.75) is 44.5 Å². The second-order valence-corrected chi connectivity index (χ2v) is 5.23. The molecule has 1 aliphatic rings. The Labute approximate surface area is 114 Å². The molecule has 2 unspecified atom stereocenters. The van der Waals surface area contributed by atoms with Crippen LogP contribution in [0.25, 0.3) is 0 Å². The van der Waals surface area contributed by atoms with Crippen LogP contribution in [-0.4, -0.2) is 31.5 Å². The van der Waals surface area contributed by atoms with Gasteiger partial charge in [-0.05, 0) is 26.0 Å². The van der Waals surface area contributed by atoms with E-state index in [1.165, 1.54) is 0 Å². The lowest BCUT2D eigenvalue weighted by molar-refractivity contribution is -0.137. The van der Waals surface area contributed by atoms with Crippen molar-refractivity contribution in [2.75, 3.05) is 14.2 Å². The number of aliphatic hydroxyl groups is 1. The predicted octanol–water partition coefficient (Wildman–Crippen LogP) is 2.48. The molecule has 1 heterocycles. The summed E-state index contributed by atoms with van der Waals surface area (Å²) in [6, 6.07) is 5.55. The Bertz CT molecular complexity index is 412. The van der Waals surface area contributed by atoms with Gasteiger partial charge in [-0.25, -0.2) is 0 Å². The molecule has 2 atom stereocenters. The van der Waals surface area contributed by atoms with E-state index in [0.29, 0.717) is 24.3 Å². The summed E-state index contributed by atoms with van der Waals surface area (Å²) in [5.41, 5.74) is -0.253. The molecule has 1 saturated heterocycles. The van der Waals surface area contributed by atoms with Crippen LogP contribution in [0.5, 0.6) is 11.5 Å². The number of hydrogen-bond donors (Lipinski definition) is 1. The standard InChI is InChI=1S/C15H22O4/c1-10-8-15(16,9-11(2)19-10)14-12(17-3)6-5-7-13(14)18-4/h5-7,10-11,16H,8-9H2,1-4H3. The van der Waals surface area contributed by atoms with Gasteiger partial charge in [-0.15, -0.1) is 0 Å². The van der Waals surface area contributed by atoms with Crippen LogP contribution in [0.2, 0.25) is 0 Å². The summed E-state index contributed by atoms with van der Waals surface area (Å²) >= 11 is 0. The van der Waals surface area contributed by atoms with Gasteiger partial charge in [0.2, 0.25) is 0 Å². The number of benzene rings is 1. The maximum absolute atomic E-state index is 11.1. The van der Waals surface area contributed by atoms with Gasteiger partial charge in [0, 0.05) is 12.8 Å². The van der Waals surface area contributed by atoms with E-state index in [2.05, 4.69) is 0 Å². The van der Waals surface area contributed by atoms with E-state index in [1.807, 2.05) is 32.0 Å². The highest BCUT2D eigenvalue weighted by molar-refractivity contribution is 5.49. The van der Waals surface area contributed by atoms with Crippen molar-refractivity contribution in [3.8, 4) is 11.5 Å². The van der Waals surface area contributed by atoms with Crippen LogP contribution in [0.4, 0.5) is 0 Å². The van der Waals surface area contributed by atoms with E-state index in [-0.39, 0.29) is 12.2 Å². The van der Waals surface area contributed by atoms with Crippen LogP contribution < -0.4 is 9.47 Å². The average molecular weight is 266 g/mol. The minimum Gasteiger partial charge on any atom is -0.496 e. The molecule has 106 valence electrons. The fraction of sp³-hybridized carbons (Fsp3) is 0.600. The molecule has 0 aromatic heterocycles. The first-order valence-electron chi connectivity index (χ1n) is 6.59. The maximum Gasteiger partial charge on any atom is 0.128 e. The van der Waals surface area contributed by atoms with Gasteiger partial charge in [-0.2, -0.15) is 0 Å². The number of methoxy groups -OCH3 is 2. The van der Waals surface area contributed by atoms with Crippen LogP contribution in [0.3, 0.4) is 0 Å². The smallest absolute Gasteiger partial charge is 0.128 e. The molecule has 0 bridgehead atoms. The quantitative estimate of drug-likeness (QED) is 0.913. The lowest BCUT2D eigenvalue weighted by atomic mass is 9.80. The number of ether oxygens (including phenoxy) is 3. The first kappa shape index (κ1) is 14.2. The summed E-state index contributed by atoms with van der Waals surface area (Å²) in [6.07, 6.45) is 1.08. The molecule has 0 spiro atoms. The first-order chi connectivity index (χ1) is 9.00. The molecule has 4 nitrogen and oxygen atoms in total. The van der Waals surface area contributed by atoms with Gasteiger partial charge in [0.05, 0.1) is 32.0 Å². The van der Waals surface area contributed by atoms with Gasteiger partial charge < -0.3 is 19.3 Å². The summed E-state index contributed by atoms with van der Waals surface area (Å²) in [6.45, 7) is 3.95. The second-order valence-electron chi connectivity index (χ2n) is 5.23. The zero-order valence-corrected chi connectivity index (χ0v) is 12.0. The molecule has 0 amide bonds. The van der Waals surface area contributed by atoms with Crippen molar-refractivity contribution in [2.24, 2.45) is 0 Å². The minimum absolute atomic E-state index is 0.00312. The minimum atomic E-state index is -0.977.